The molecule has 0 aliphatic rings. The van der Waals surface area contributed by atoms with Crippen molar-refractivity contribution >= 4 is 17.6 Å². The third kappa shape index (κ3) is 5.47. The van der Waals surface area contributed by atoms with E-state index < -0.39 is 0 Å². The summed E-state index contributed by atoms with van der Waals surface area (Å²) in [5.41, 5.74) is 0.861. The molecule has 0 aliphatic carbocycles. The first-order valence-corrected chi connectivity index (χ1v) is 6.52. The zero-order valence-electron chi connectivity index (χ0n) is 10.9. The predicted molar refractivity (Wildman–Crippen MR) is 71.4 cm³/mol. The van der Waals surface area contributed by atoms with Crippen LogP contribution in [0.3, 0.4) is 0 Å². The first-order valence-electron chi connectivity index (χ1n) is 6.14. The second-order valence-electron chi connectivity index (χ2n) is 3.98. The highest BCUT2D eigenvalue weighted by molar-refractivity contribution is 6.30. The molecule has 0 unspecified atom stereocenters. The van der Waals surface area contributed by atoms with E-state index in [4.69, 9.17) is 16.3 Å². The lowest BCUT2D eigenvalue weighted by Gasteiger charge is -2.20. The average Bonchev–Trinajstić information content (AvgIpc) is 2.29. The van der Waals surface area contributed by atoms with Crippen LogP contribution in [-0.2, 0) is 16.1 Å². The number of esters is 1. The fourth-order valence-electron chi connectivity index (χ4n) is 1.68. The largest absolute Gasteiger partial charge is 0.465 e. The summed E-state index contributed by atoms with van der Waals surface area (Å²) in [5.74, 6) is -0.201. The lowest BCUT2D eigenvalue weighted by molar-refractivity contribution is -0.144. The number of nitrogens with zero attached hydrogens (tertiary/aromatic N) is 2. The molecule has 18 heavy (non-hydrogen) atoms. The van der Waals surface area contributed by atoms with Gasteiger partial charge in [0.25, 0.3) is 0 Å². The molecule has 100 valence electrons. The second-order valence-corrected chi connectivity index (χ2v) is 4.42. The highest BCUT2D eigenvalue weighted by Crippen LogP contribution is 2.10. The van der Waals surface area contributed by atoms with E-state index in [2.05, 4.69) is 11.9 Å². The fourth-order valence-corrected chi connectivity index (χ4v) is 1.87. The molecule has 0 amide bonds. The Hall–Kier alpha value is -1.13. The van der Waals surface area contributed by atoms with Gasteiger partial charge in [-0.25, -0.2) is 0 Å². The van der Waals surface area contributed by atoms with Gasteiger partial charge in [-0.2, -0.15) is 0 Å². The Kier molecular flexibility index (Phi) is 6.68. The standard InChI is InChI=1S/C13H19ClN2O2/c1-3-7-16(10-13(17)18-4-2)9-12-8-11(14)5-6-15-12/h5-6,8H,3-4,7,9-10H2,1-2H3. The zero-order chi connectivity index (χ0) is 13.4. The highest BCUT2D eigenvalue weighted by atomic mass is 35.5. The topological polar surface area (TPSA) is 42.4 Å². The van der Waals surface area contributed by atoms with Crippen LogP contribution in [0.5, 0.6) is 0 Å². The smallest absolute Gasteiger partial charge is 0.320 e. The first-order chi connectivity index (χ1) is 8.65. The molecule has 0 bridgehead atoms. The number of ether oxygens (including phenoxy) is 1. The van der Waals surface area contributed by atoms with Gasteiger partial charge in [0.2, 0.25) is 0 Å². The quantitative estimate of drug-likeness (QED) is 0.714. The predicted octanol–water partition coefficient (Wildman–Crippen LogP) is 2.51. The normalized spacial score (nSPS) is 10.7. The maximum absolute atomic E-state index is 11.5. The van der Waals surface area contributed by atoms with Crippen molar-refractivity contribution < 1.29 is 9.53 Å². The van der Waals surface area contributed by atoms with Crippen molar-refractivity contribution in [3.8, 4) is 0 Å². The third-order valence-corrected chi connectivity index (χ3v) is 2.60. The van der Waals surface area contributed by atoms with E-state index in [1.807, 2.05) is 11.0 Å². The molecule has 1 aromatic heterocycles. The summed E-state index contributed by atoms with van der Waals surface area (Å²) in [6.07, 6.45) is 2.64. The minimum absolute atomic E-state index is 0.201. The van der Waals surface area contributed by atoms with Crippen LogP contribution in [-0.4, -0.2) is 35.5 Å². The van der Waals surface area contributed by atoms with Gasteiger partial charge in [-0.3, -0.25) is 14.7 Å². The van der Waals surface area contributed by atoms with E-state index in [0.29, 0.717) is 18.2 Å². The summed E-state index contributed by atoms with van der Waals surface area (Å²) in [6.45, 7) is 6.01. The van der Waals surface area contributed by atoms with E-state index in [1.165, 1.54) is 0 Å². The summed E-state index contributed by atoms with van der Waals surface area (Å²) in [5, 5.41) is 0.660. The number of halogens is 1. The number of rotatable bonds is 7. The molecule has 0 N–H and O–H groups in total. The van der Waals surface area contributed by atoms with Crippen LogP contribution in [0.4, 0.5) is 0 Å². The number of pyridine rings is 1. The molecule has 0 fully saturated rings. The number of hydrogen-bond donors (Lipinski definition) is 0. The number of hydrogen-bond acceptors (Lipinski definition) is 4. The van der Waals surface area contributed by atoms with Crippen molar-refractivity contribution in [3.63, 3.8) is 0 Å². The van der Waals surface area contributed by atoms with Crippen LogP contribution in [0.2, 0.25) is 5.02 Å². The molecule has 0 saturated carbocycles. The number of carbonyl (C=O) groups excluding carboxylic acids is 1. The molecule has 0 atom stereocenters. The monoisotopic (exact) mass is 270 g/mol. The number of aromatic nitrogens is 1. The summed E-state index contributed by atoms with van der Waals surface area (Å²) < 4.78 is 4.95. The van der Waals surface area contributed by atoms with Crippen LogP contribution < -0.4 is 0 Å². The number of carbonyl (C=O) groups is 1. The molecule has 0 aromatic carbocycles. The molecule has 1 rings (SSSR count). The molecular formula is C13H19ClN2O2. The van der Waals surface area contributed by atoms with Crippen molar-refractivity contribution in [1.82, 2.24) is 9.88 Å². The fraction of sp³-hybridized carbons (Fsp3) is 0.538. The third-order valence-electron chi connectivity index (χ3n) is 2.36. The van der Waals surface area contributed by atoms with E-state index in [9.17, 15) is 4.79 Å². The van der Waals surface area contributed by atoms with Gasteiger partial charge >= 0.3 is 5.97 Å². The minimum atomic E-state index is -0.201. The molecule has 0 aliphatic heterocycles. The Balaban J connectivity index is 2.59. The Morgan fingerprint density at radius 3 is 2.89 bits per heavy atom. The molecule has 4 nitrogen and oxygen atoms in total. The van der Waals surface area contributed by atoms with Gasteiger partial charge in [0.05, 0.1) is 18.8 Å². The van der Waals surface area contributed by atoms with Crippen LogP contribution >= 0.6 is 11.6 Å². The van der Waals surface area contributed by atoms with Crippen molar-refractivity contribution in [2.75, 3.05) is 19.7 Å². The minimum Gasteiger partial charge on any atom is -0.465 e. The molecule has 1 aromatic rings. The summed E-state index contributed by atoms with van der Waals surface area (Å²) in [7, 11) is 0. The van der Waals surface area contributed by atoms with Crippen LogP contribution in [0.1, 0.15) is 26.0 Å². The highest BCUT2D eigenvalue weighted by Gasteiger charge is 2.12. The molecule has 0 saturated heterocycles. The van der Waals surface area contributed by atoms with Crippen molar-refractivity contribution in [2.45, 2.75) is 26.8 Å². The van der Waals surface area contributed by atoms with Gasteiger partial charge in [0, 0.05) is 17.8 Å². The molecule has 0 radical (unpaired) electrons. The molecule has 1 heterocycles. The lowest BCUT2D eigenvalue weighted by atomic mass is 10.3. The maximum atomic E-state index is 11.5. The average molecular weight is 271 g/mol. The van der Waals surface area contributed by atoms with E-state index in [1.54, 1.807) is 19.2 Å². The Morgan fingerprint density at radius 1 is 1.50 bits per heavy atom. The summed E-state index contributed by atoms with van der Waals surface area (Å²) >= 11 is 5.91. The van der Waals surface area contributed by atoms with Crippen LogP contribution in [0, 0.1) is 0 Å². The van der Waals surface area contributed by atoms with Gasteiger partial charge in [-0.15, -0.1) is 0 Å². The van der Waals surface area contributed by atoms with Gasteiger partial charge in [-0.05, 0) is 32.0 Å². The lowest BCUT2D eigenvalue weighted by Crippen LogP contribution is -2.31. The van der Waals surface area contributed by atoms with E-state index in [-0.39, 0.29) is 12.5 Å². The zero-order valence-corrected chi connectivity index (χ0v) is 11.6. The van der Waals surface area contributed by atoms with Crippen molar-refractivity contribution in [3.05, 3.63) is 29.0 Å². The second kappa shape index (κ2) is 8.06. The molecule has 0 spiro atoms. The maximum Gasteiger partial charge on any atom is 0.320 e. The van der Waals surface area contributed by atoms with Gasteiger partial charge in [0.1, 0.15) is 0 Å². The van der Waals surface area contributed by atoms with Gasteiger partial charge in [-0.1, -0.05) is 18.5 Å². The Labute approximate surface area is 113 Å². The first kappa shape index (κ1) is 14.9. The van der Waals surface area contributed by atoms with E-state index >= 15 is 0 Å². The molecular weight excluding hydrogens is 252 g/mol. The van der Waals surface area contributed by atoms with Crippen LogP contribution in [0.25, 0.3) is 0 Å². The van der Waals surface area contributed by atoms with Crippen molar-refractivity contribution in [2.24, 2.45) is 0 Å². The molecule has 5 heteroatoms. The Bertz CT molecular complexity index is 385. The summed E-state index contributed by atoms with van der Waals surface area (Å²) in [4.78, 5) is 17.7. The SMILES string of the molecule is CCCN(CC(=O)OCC)Cc1cc(Cl)ccn1. The van der Waals surface area contributed by atoms with Gasteiger partial charge < -0.3 is 4.74 Å². The summed E-state index contributed by atoms with van der Waals surface area (Å²) in [6, 6.07) is 3.55. The van der Waals surface area contributed by atoms with Crippen LogP contribution in [0.15, 0.2) is 18.3 Å². The van der Waals surface area contributed by atoms with E-state index in [0.717, 1.165) is 18.7 Å². The van der Waals surface area contributed by atoms with Crippen molar-refractivity contribution in [1.29, 1.82) is 0 Å². The van der Waals surface area contributed by atoms with Gasteiger partial charge in [0.15, 0.2) is 0 Å². The Morgan fingerprint density at radius 2 is 2.28 bits per heavy atom.